The molecular weight excluding hydrogens is 232 g/mol. The Kier molecular flexibility index (Phi) is 2.97. The second-order valence-electron chi connectivity index (χ2n) is 2.24. The lowest BCUT2D eigenvalue weighted by atomic mass is 10.2. The van der Waals surface area contributed by atoms with Crippen LogP contribution in [0.15, 0.2) is 16.9 Å². The Hall–Kier alpha value is -0.710. The molecule has 0 spiro atoms. The van der Waals surface area contributed by atoms with Gasteiger partial charge >= 0.3 is 0 Å². The molecule has 1 aromatic heterocycles. The van der Waals surface area contributed by atoms with Crippen molar-refractivity contribution in [2.75, 3.05) is 0 Å². The fraction of sp³-hybridized carbons (Fsp3) is 0.286. The SMILES string of the molecule is O=c1cc(CBr)cc(C(F)F)[nH]1. The Morgan fingerprint density at radius 2 is 2.17 bits per heavy atom. The molecule has 1 aromatic rings. The highest BCUT2D eigenvalue weighted by molar-refractivity contribution is 9.08. The van der Waals surface area contributed by atoms with Gasteiger partial charge in [0.15, 0.2) is 0 Å². The van der Waals surface area contributed by atoms with Crippen LogP contribution >= 0.6 is 15.9 Å². The highest BCUT2D eigenvalue weighted by atomic mass is 79.9. The smallest absolute Gasteiger partial charge is 0.278 e. The fourth-order valence-corrected chi connectivity index (χ4v) is 1.14. The monoisotopic (exact) mass is 237 g/mol. The number of nitrogens with one attached hydrogen (secondary N) is 1. The number of aromatic amines is 1. The van der Waals surface area contributed by atoms with Crippen LogP contribution in [0.25, 0.3) is 0 Å². The maximum absolute atomic E-state index is 12.1. The third-order valence-corrected chi connectivity index (χ3v) is 1.96. The topological polar surface area (TPSA) is 32.9 Å². The summed E-state index contributed by atoms with van der Waals surface area (Å²) >= 11 is 3.08. The van der Waals surface area contributed by atoms with Gasteiger partial charge in [-0.25, -0.2) is 8.78 Å². The number of pyridine rings is 1. The summed E-state index contributed by atoms with van der Waals surface area (Å²) < 4.78 is 24.2. The molecule has 0 saturated heterocycles. The number of halogens is 3. The first-order chi connectivity index (χ1) is 5.63. The molecule has 1 N–H and O–H groups in total. The van der Waals surface area contributed by atoms with Crippen molar-refractivity contribution < 1.29 is 8.78 Å². The third kappa shape index (κ3) is 2.14. The van der Waals surface area contributed by atoms with E-state index in [1.807, 2.05) is 0 Å². The van der Waals surface area contributed by atoms with E-state index in [1.54, 1.807) is 0 Å². The van der Waals surface area contributed by atoms with Crippen LogP contribution in [-0.4, -0.2) is 4.98 Å². The van der Waals surface area contributed by atoms with Crippen LogP contribution < -0.4 is 5.56 Å². The predicted molar refractivity (Wildman–Crippen MR) is 44.7 cm³/mol. The van der Waals surface area contributed by atoms with E-state index in [0.29, 0.717) is 10.9 Å². The van der Waals surface area contributed by atoms with Crippen LogP contribution in [-0.2, 0) is 5.33 Å². The van der Waals surface area contributed by atoms with Crippen molar-refractivity contribution >= 4 is 15.9 Å². The van der Waals surface area contributed by atoms with Gasteiger partial charge in [-0.2, -0.15) is 0 Å². The van der Waals surface area contributed by atoms with Crippen molar-refractivity contribution in [1.29, 1.82) is 0 Å². The molecule has 0 bridgehead atoms. The van der Waals surface area contributed by atoms with Crippen LogP contribution in [0.1, 0.15) is 17.7 Å². The van der Waals surface area contributed by atoms with Crippen molar-refractivity contribution in [3.63, 3.8) is 0 Å². The number of hydrogen-bond donors (Lipinski definition) is 1. The molecule has 0 fully saturated rings. The van der Waals surface area contributed by atoms with E-state index in [9.17, 15) is 13.6 Å². The molecule has 0 atom stereocenters. The molecule has 1 rings (SSSR count). The van der Waals surface area contributed by atoms with Gasteiger partial charge < -0.3 is 4.98 Å². The van der Waals surface area contributed by atoms with Crippen molar-refractivity contribution in [2.45, 2.75) is 11.8 Å². The van der Waals surface area contributed by atoms with Gasteiger partial charge in [0.25, 0.3) is 6.43 Å². The molecule has 12 heavy (non-hydrogen) atoms. The lowest BCUT2D eigenvalue weighted by molar-refractivity contribution is 0.145. The lowest BCUT2D eigenvalue weighted by Gasteiger charge is -2.00. The second-order valence-corrected chi connectivity index (χ2v) is 2.80. The van der Waals surface area contributed by atoms with Crippen LogP contribution in [0.4, 0.5) is 8.78 Å². The third-order valence-electron chi connectivity index (χ3n) is 1.31. The highest BCUT2D eigenvalue weighted by Gasteiger charge is 2.08. The van der Waals surface area contributed by atoms with E-state index in [1.165, 1.54) is 12.1 Å². The second kappa shape index (κ2) is 3.80. The van der Waals surface area contributed by atoms with Crippen molar-refractivity contribution in [3.8, 4) is 0 Å². The largest absolute Gasteiger partial charge is 0.321 e. The van der Waals surface area contributed by atoms with Crippen molar-refractivity contribution in [2.24, 2.45) is 0 Å². The molecule has 2 nitrogen and oxygen atoms in total. The van der Waals surface area contributed by atoms with Gasteiger partial charge in [0, 0.05) is 11.4 Å². The average molecular weight is 238 g/mol. The van der Waals surface area contributed by atoms with Crippen molar-refractivity contribution in [3.05, 3.63) is 33.7 Å². The van der Waals surface area contributed by atoms with Crippen LogP contribution in [0.3, 0.4) is 0 Å². The summed E-state index contributed by atoms with van der Waals surface area (Å²) in [5, 5.41) is 0.399. The number of rotatable bonds is 2. The van der Waals surface area contributed by atoms with E-state index in [-0.39, 0.29) is 5.69 Å². The highest BCUT2D eigenvalue weighted by Crippen LogP contribution is 2.16. The summed E-state index contributed by atoms with van der Waals surface area (Å²) in [4.78, 5) is 12.8. The Morgan fingerprint density at radius 1 is 1.50 bits per heavy atom. The average Bonchev–Trinajstić information content (AvgIpc) is 2.03. The Labute approximate surface area is 75.7 Å². The standard InChI is InChI=1S/C7H6BrF2NO/c8-3-4-1-5(7(9)10)11-6(12)2-4/h1-2,7H,3H2,(H,11,12). The summed E-state index contributed by atoms with van der Waals surface area (Å²) in [5.74, 6) is 0. The lowest BCUT2D eigenvalue weighted by Crippen LogP contribution is -2.08. The minimum Gasteiger partial charge on any atom is -0.321 e. The molecule has 0 amide bonds. The first kappa shape index (κ1) is 9.38. The van der Waals surface area contributed by atoms with Crippen LogP contribution in [0, 0.1) is 0 Å². The van der Waals surface area contributed by atoms with Crippen molar-refractivity contribution in [1.82, 2.24) is 4.98 Å². The Balaban J connectivity index is 3.15. The molecule has 0 radical (unpaired) electrons. The molecule has 5 heteroatoms. The summed E-state index contributed by atoms with van der Waals surface area (Å²) in [6.45, 7) is 0. The van der Waals surface area contributed by atoms with E-state index in [4.69, 9.17) is 0 Å². The molecule has 0 aliphatic carbocycles. The maximum Gasteiger partial charge on any atom is 0.278 e. The number of H-pyrrole nitrogens is 1. The van der Waals surface area contributed by atoms with E-state index >= 15 is 0 Å². The van der Waals surface area contributed by atoms with E-state index < -0.39 is 12.0 Å². The summed E-state index contributed by atoms with van der Waals surface area (Å²) in [7, 11) is 0. The number of alkyl halides is 3. The zero-order valence-corrected chi connectivity index (χ0v) is 7.57. The normalized spacial score (nSPS) is 10.7. The van der Waals surface area contributed by atoms with Crippen LogP contribution in [0.5, 0.6) is 0 Å². The van der Waals surface area contributed by atoms with Gasteiger partial charge in [0.05, 0.1) is 5.69 Å². The van der Waals surface area contributed by atoms with E-state index in [2.05, 4.69) is 20.9 Å². The first-order valence-corrected chi connectivity index (χ1v) is 4.33. The molecule has 1 heterocycles. The quantitative estimate of drug-likeness (QED) is 0.787. The molecule has 66 valence electrons. The molecule has 0 aromatic carbocycles. The van der Waals surface area contributed by atoms with E-state index in [0.717, 1.165) is 0 Å². The fourth-order valence-electron chi connectivity index (χ4n) is 0.819. The molecular formula is C7H6BrF2NO. The van der Waals surface area contributed by atoms with Gasteiger partial charge in [0.2, 0.25) is 5.56 Å². The summed E-state index contributed by atoms with van der Waals surface area (Å²) in [5.41, 5.74) is -0.284. The van der Waals surface area contributed by atoms with Gasteiger partial charge in [-0.15, -0.1) is 0 Å². The summed E-state index contributed by atoms with van der Waals surface area (Å²) in [6, 6.07) is 2.54. The first-order valence-electron chi connectivity index (χ1n) is 3.20. The maximum atomic E-state index is 12.1. The predicted octanol–water partition coefficient (Wildman–Crippen LogP) is 2.21. The van der Waals surface area contributed by atoms with Gasteiger partial charge in [-0.1, -0.05) is 15.9 Å². The Morgan fingerprint density at radius 3 is 2.67 bits per heavy atom. The zero-order chi connectivity index (χ0) is 9.14. The molecule has 0 aliphatic heterocycles. The molecule has 0 saturated carbocycles. The zero-order valence-electron chi connectivity index (χ0n) is 5.98. The number of hydrogen-bond acceptors (Lipinski definition) is 1. The molecule has 0 unspecified atom stereocenters. The van der Waals surface area contributed by atoms with Gasteiger partial charge in [0.1, 0.15) is 0 Å². The Bertz CT molecular complexity index is 323. The molecule has 0 aliphatic rings. The number of aromatic nitrogens is 1. The summed E-state index contributed by atoms with van der Waals surface area (Å²) in [6.07, 6.45) is -2.63. The van der Waals surface area contributed by atoms with Gasteiger partial charge in [-0.05, 0) is 11.6 Å². The van der Waals surface area contributed by atoms with Gasteiger partial charge in [-0.3, -0.25) is 4.79 Å². The minimum absolute atomic E-state index is 0.336. The minimum atomic E-state index is -2.63. The van der Waals surface area contributed by atoms with Crippen LogP contribution in [0.2, 0.25) is 0 Å².